The number of hydrogen-bond acceptors (Lipinski definition) is 3. The predicted molar refractivity (Wildman–Crippen MR) is 41.6 cm³/mol. The molecule has 1 heterocycles. The van der Waals surface area contributed by atoms with Crippen molar-refractivity contribution >= 4 is 5.94 Å². The second-order valence-electron chi connectivity index (χ2n) is 2.14. The Hall–Kier alpha value is -1.77. The number of nitrogens with zero attached hydrogens (tertiary/aromatic N) is 2. The Morgan fingerprint density at radius 1 is 1.08 bits per heavy atom. The lowest BCUT2D eigenvalue weighted by atomic mass is 10.3. The zero-order valence-electron chi connectivity index (χ0n) is 6.11. The fourth-order valence-corrected chi connectivity index (χ4v) is 0.952. The van der Waals surface area contributed by atoms with Gasteiger partial charge in [-0.3, -0.25) is 0 Å². The summed E-state index contributed by atoms with van der Waals surface area (Å²) >= 11 is 0. The molecule has 1 aromatic rings. The van der Waals surface area contributed by atoms with Crippen molar-refractivity contribution in [2.45, 2.75) is 0 Å². The van der Waals surface area contributed by atoms with Crippen LogP contribution >= 0.6 is 0 Å². The SMILES string of the molecule is O.O=C=C1N=c2ccccc2=N1. The highest BCUT2D eigenvalue weighted by molar-refractivity contribution is 5.51. The summed E-state index contributed by atoms with van der Waals surface area (Å²) in [4.78, 5) is 17.9. The molecular weight excluding hydrogens is 156 g/mol. The minimum Gasteiger partial charge on any atom is -0.412 e. The Morgan fingerprint density at radius 2 is 1.58 bits per heavy atom. The Kier molecular flexibility index (Phi) is 2.14. The molecule has 0 radical (unpaired) electrons. The van der Waals surface area contributed by atoms with Crippen molar-refractivity contribution in [1.29, 1.82) is 0 Å². The van der Waals surface area contributed by atoms with E-state index in [1.807, 2.05) is 24.3 Å². The molecule has 0 bridgehead atoms. The second kappa shape index (κ2) is 3.09. The van der Waals surface area contributed by atoms with E-state index in [4.69, 9.17) is 0 Å². The van der Waals surface area contributed by atoms with E-state index in [2.05, 4.69) is 9.98 Å². The topological polar surface area (TPSA) is 73.3 Å². The highest BCUT2D eigenvalue weighted by atomic mass is 16.1. The molecule has 0 fully saturated rings. The van der Waals surface area contributed by atoms with Gasteiger partial charge in [0.25, 0.3) is 0 Å². The summed E-state index contributed by atoms with van der Waals surface area (Å²) in [5.41, 5.74) is 0. The van der Waals surface area contributed by atoms with E-state index < -0.39 is 0 Å². The largest absolute Gasteiger partial charge is 0.412 e. The van der Waals surface area contributed by atoms with Crippen LogP contribution in [0.4, 0.5) is 0 Å². The fraction of sp³-hybridized carbons (Fsp3) is 0. The quantitative estimate of drug-likeness (QED) is 0.441. The van der Waals surface area contributed by atoms with Crippen LogP contribution in [0.3, 0.4) is 0 Å². The third-order valence-corrected chi connectivity index (χ3v) is 1.43. The lowest BCUT2D eigenvalue weighted by Gasteiger charge is -1.75. The van der Waals surface area contributed by atoms with Crippen LogP contribution in [0.5, 0.6) is 0 Å². The summed E-state index contributed by atoms with van der Waals surface area (Å²) in [6.07, 6.45) is 0. The van der Waals surface area contributed by atoms with E-state index in [0.717, 1.165) is 10.7 Å². The summed E-state index contributed by atoms with van der Waals surface area (Å²) in [6, 6.07) is 7.32. The number of hydrogen-bond donors (Lipinski definition) is 0. The maximum absolute atomic E-state index is 10.1. The molecule has 1 aliphatic rings. The van der Waals surface area contributed by atoms with E-state index in [0.29, 0.717) is 0 Å². The molecule has 1 aliphatic heterocycles. The standard InChI is InChI=1S/C8H4N2O.H2O/c11-5-8-9-6-3-1-2-4-7(6)10-8;/h1-4H;1H2. The number of fused-ring (bicyclic) bond motifs is 1. The molecule has 2 rings (SSSR count). The maximum atomic E-state index is 10.1. The summed E-state index contributed by atoms with van der Waals surface area (Å²) in [7, 11) is 0. The van der Waals surface area contributed by atoms with Crippen LogP contribution < -0.4 is 10.7 Å². The highest BCUT2D eigenvalue weighted by Crippen LogP contribution is 1.92. The first-order valence-corrected chi connectivity index (χ1v) is 3.18. The summed E-state index contributed by atoms with van der Waals surface area (Å²) in [6.45, 7) is 0. The van der Waals surface area contributed by atoms with Crippen molar-refractivity contribution in [2.75, 3.05) is 0 Å². The van der Waals surface area contributed by atoms with Crippen LogP contribution in [0, 0.1) is 0 Å². The van der Waals surface area contributed by atoms with Crippen LogP contribution in [0.2, 0.25) is 0 Å². The Labute approximate surface area is 67.9 Å². The lowest BCUT2D eigenvalue weighted by Crippen LogP contribution is -2.19. The summed E-state index contributed by atoms with van der Waals surface area (Å²) in [5, 5.41) is 1.48. The lowest BCUT2D eigenvalue weighted by molar-refractivity contribution is 0.566. The molecule has 0 aliphatic carbocycles. The molecule has 0 amide bonds. The van der Waals surface area contributed by atoms with Crippen LogP contribution in [0.1, 0.15) is 0 Å². The zero-order chi connectivity index (χ0) is 7.68. The van der Waals surface area contributed by atoms with E-state index >= 15 is 0 Å². The molecule has 12 heavy (non-hydrogen) atoms. The molecule has 0 atom stereocenters. The summed E-state index contributed by atoms with van der Waals surface area (Å²) < 4.78 is 0. The first kappa shape index (κ1) is 8.33. The monoisotopic (exact) mass is 162 g/mol. The van der Waals surface area contributed by atoms with Crippen molar-refractivity contribution in [3.05, 3.63) is 40.8 Å². The second-order valence-corrected chi connectivity index (χ2v) is 2.14. The molecule has 2 N–H and O–H groups in total. The van der Waals surface area contributed by atoms with Crippen molar-refractivity contribution in [1.82, 2.24) is 0 Å². The normalized spacial score (nSPS) is 11.8. The average Bonchev–Trinajstić information content (AvgIpc) is 2.46. The van der Waals surface area contributed by atoms with Gasteiger partial charge in [0.15, 0.2) is 5.94 Å². The van der Waals surface area contributed by atoms with Gasteiger partial charge in [-0.15, -0.1) is 0 Å². The van der Waals surface area contributed by atoms with Gasteiger partial charge in [-0.25, -0.2) is 14.8 Å². The minimum atomic E-state index is 0. The third kappa shape index (κ3) is 1.16. The Morgan fingerprint density at radius 3 is 2.00 bits per heavy atom. The van der Waals surface area contributed by atoms with Crippen LogP contribution in [0.25, 0.3) is 0 Å². The van der Waals surface area contributed by atoms with Gasteiger partial charge >= 0.3 is 0 Å². The number of rotatable bonds is 0. The molecule has 4 heteroatoms. The van der Waals surface area contributed by atoms with Gasteiger partial charge in [0.05, 0.1) is 10.7 Å². The first-order chi connectivity index (χ1) is 5.40. The van der Waals surface area contributed by atoms with Crippen LogP contribution in [-0.4, -0.2) is 11.4 Å². The van der Waals surface area contributed by atoms with Gasteiger partial charge in [0, 0.05) is 0 Å². The predicted octanol–water partition coefficient (Wildman–Crippen LogP) is -1.21. The van der Waals surface area contributed by atoms with Crippen molar-refractivity contribution in [2.24, 2.45) is 9.98 Å². The highest BCUT2D eigenvalue weighted by Gasteiger charge is 1.99. The van der Waals surface area contributed by atoms with Crippen LogP contribution in [0.15, 0.2) is 40.1 Å². The smallest absolute Gasteiger partial charge is 0.240 e. The average molecular weight is 162 g/mol. The molecule has 0 saturated carbocycles. The molecule has 1 aromatic carbocycles. The zero-order valence-corrected chi connectivity index (χ0v) is 6.11. The molecule has 0 unspecified atom stereocenters. The van der Waals surface area contributed by atoms with Gasteiger partial charge in [-0.2, -0.15) is 0 Å². The number of carbonyl (C=O) groups excluding carboxylic acids is 1. The van der Waals surface area contributed by atoms with E-state index in [1.54, 1.807) is 5.94 Å². The first-order valence-electron chi connectivity index (χ1n) is 3.18. The fourth-order valence-electron chi connectivity index (χ4n) is 0.952. The third-order valence-electron chi connectivity index (χ3n) is 1.43. The number of benzene rings is 1. The molecule has 60 valence electrons. The molecule has 0 spiro atoms. The molecular formula is C8H6N2O2. The van der Waals surface area contributed by atoms with E-state index in [9.17, 15) is 4.79 Å². The molecule has 4 nitrogen and oxygen atoms in total. The molecule has 0 aromatic heterocycles. The minimum absolute atomic E-state index is 0. The van der Waals surface area contributed by atoms with E-state index in [-0.39, 0.29) is 11.3 Å². The summed E-state index contributed by atoms with van der Waals surface area (Å²) in [5.74, 6) is 1.77. The van der Waals surface area contributed by atoms with Crippen molar-refractivity contribution < 1.29 is 10.3 Å². The van der Waals surface area contributed by atoms with Gasteiger partial charge in [0.2, 0.25) is 5.82 Å². The van der Waals surface area contributed by atoms with Gasteiger partial charge in [-0.05, 0) is 12.1 Å². The Balaban J connectivity index is 0.000000720. The number of para-hydroxylation sites is 2. The Bertz CT molecular complexity index is 421. The van der Waals surface area contributed by atoms with Gasteiger partial charge in [-0.1, -0.05) is 12.1 Å². The van der Waals surface area contributed by atoms with E-state index in [1.165, 1.54) is 0 Å². The van der Waals surface area contributed by atoms with Gasteiger partial charge < -0.3 is 5.48 Å². The van der Waals surface area contributed by atoms with Crippen molar-refractivity contribution in [3.63, 3.8) is 0 Å². The van der Waals surface area contributed by atoms with Crippen LogP contribution in [-0.2, 0) is 4.79 Å². The molecule has 0 saturated heterocycles. The van der Waals surface area contributed by atoms with Crippen molar-refractivity contribution in [3.8, 4) is 0 Å². The van der Waals surface area contributed by atoms with Gasteiger partial charge in [0.1, 0.15) is 0 Å². The maximum Gasteiger partial charge on any atom is 0.240 e.